The second kappa shape index (κ2) is 11.7. The molecule has 2 unspecified atom stereocenters. The molecule has 1 heterocycles. The Kier molecular flexibility index (Phi) is 9.07. The van der Waals surface area contributed by atoms with Gasteiger partial charge in [-0.25, -0.2) is 4.98 Å². The number of carbonyl (C=O) groups is 1. The fraction of sp³-hybridized carbons (Fsp3) is 0.393. The molecule has 0 saturated heterocycles. The predicted molar refractivity (Wildman–Crippen MR) is 149 cm³/mol. The molecule has 0 radical (unpaired) electrons. The van der Waals surface area contributed by atoms with Gasteiger partial charge in [0.15, 0.2) is 14.4 Å². The average molecular weight is 561 g/mol. The van der Waals surface area contributed by atoms with Gasteiger partial charge in [-0.15, -0.1) is 0 Å². The minimum Gasteiger partial charge on any atom is -0.404 e. The maximum atomic E-state index is 14.5. The van der Waals surface area contributed by atoms with E-state index < -0.39 is 49.7 Å². The second-order valence-corrected chi connectivity index (χ2v) is 15.8. The van der Waals surface area contributed by atoms with Crippen molar-refractivity contribution in [3.63, 3.8) is 0 Å². The zero-order valence-corrected chi connectivity index (χ0v) is 23.8. The minimum absolute atomic E-state index is 0.124. The van der Waals surface area contributed by atoms with Gasteiger partial charge in [-0.2, -0.15) is 13.2 Å². The van der Waals surface area contributed by atoms with E-state index in [1.165, 1.54) is 6.20 Å². The molecule has 0 fully saturated rings. The molecular formula is C28H35F3N4O3Si. The molecule has 39 heavy (non-hydrogen) atoms. The first-order valence-corrected chi connectivity index (χ1v) is 15.5. The van der Waals surface area contributed by atoms with Gasteiger partial charge >= 0.3 is 6.18 Å². The monoisotopic (exact) mass is 560 g/mol. The first-order valence-electron chi connectivity index (χ1n) is 12.6. The molecule has 2 atom stereocenters. The van der Waals surface area contributed by atoms with Gasteiger partial charge in [-0.05, 0) is 30.1 Å². The van der Waals surface area contributed by atoms with Gasteiger partial charge in [-0.1, -0.05) is 81.4 Å². The third kappa shape index (κ3) is 7.57. The molecule has 0 aliphatic heterocycles. The Balaban J connectivity index is 1.99. The van der Waals surface area contributed by atoms with Crippen molar-refractivity contribution in [1.82, 2.24) is 14.9 Å². The van der Waals surface area contributed by atoms with Crippen molar-refractivity contribution in [1.29, 1.82) is 0 Å². The summed E-state index contributed by atoms with van der Waals surface area (Å²) in [5, 5.41) is 2.03. The van der Waals surface area contributed by atoms with Crippen molar-refractivity contribution < 1.29 is 22.4 Å². The third-order valence-electron chi connectivity index (χ3n) is 6.97. The number of halogens is 3. The standard InChI is InChI=1S/C28H35F3N4O3Si/c1-27(2,3)39(4,5)38-24(28(29,30)31)22(16-19-12-8-6-9-13-19)34-23(36)18-35-25(20-14-10-7-11-15-20)33-17-21(32)26(35)37/h6-15,17,22,24H,16,18,32H2,1-5H3,(H,34,36). The summed E-state index contributed by atoms with van der Waals surface area (Å²) >= 11 is 0. The Morgan fingerprint density at radius 2 is 1.62 bits per heavy atom. The van der Waals surface area contributed by atoms with Crippen LogP contribution >= 0.6 is 0 Å². The first kappa shape index (κ1) is 30.1. The first-order chi connectivity index (χ1) is 18.1. The van der Waals surface area contributed by atoms with Gasteiger partial charge in [0.2, 0.25) is 5.91 Å². The van der Waals surface area contributed by atoms with E-state index in [1.54, 1.807) is 73.8 Å². The number of rotatable bonds is 9. The Hall–Kier alpha value is -3.44. The lowest BCUT2D eigenvalue weighted by molar-refractivity contribution is -0.206. The Morgan fingerprint density at radius 3 is 2.15 bits per heavy atom. The topological polar surface area (TPSA) is 99.2 Å². The van der Waals surface area contributed by atoms with Crippen molar-refractivity contribution in [3.8, 4) is 11.4 Å². The lowest BCUT2D eigenvalue weighted by Crippen LogP contribution is -2.58. The van der Waals surface area contributed by atoms with E-state index in [2.05, 4.69) is 10.3 Å². The summed E-state index contributed by atoms with van der Waals surface area (Å²) in [6.45, 7) is 8.44. The van der Waals surface area contributed by atoms with Gasteiger partial charge in [0.05, 0.1) is 12.2 Å². The van der Waals surface area contributed by atoms with E-state index in [0.717, 1.165) is 4.57 Å². The van der Waals surface area contributed by atoms with Crippen LogP contribution in [0.1, 0.15) is 26.3 Å². The zero-order valence-electron chi connectivity index (χ0n) is 22.8. The van der Waals surface area contributed by atoms with Gasteiger partial charge in [0, 0.05) is 5.56 Å². The van der Waals surface area contributed by atoms with Crippen molar-refractivity contribution in [3.05, 3.63) is 82.8 Å². The molecule has 3 rings (SSSR count). The van der Waals surface area contributed by atoms with Crippen molar-refractivity contribution in [2.45, 2.75) is 70.2 Å². The number of nitrogen functional groups attached to an aromatic ring is 1. The Labute approximate surface area is 227 Å². The molecule has 0 spiro atoms. The molecule has 2 aromatic carbocycles. The number of nitrogens with two attached hydrogens (primary N) is 1. The molecule has 0 saturated carbocycles. The van der Waals surface area contributed by atoms with Crippen LogP contribution in [0.4, 0.5) is 18.9 Å². The highest BCUT2D eigenvalue weighted by Gasteiger charge is 2.51. The molecular weight excluding hydrogens is 525 g/mol. The van der Waals surface area contributed by atoms with Crippen molar-refractivity contribution in [2.75, 3.05) is 5.73 Å². The highest BCUT2D eigenvalue weighted by Crippen LogP contribution is 2.40. The fourth-order valence-electron chi connectivity index (χ4n) is 3.84. The van der Waals surface area contributed by atoms with E-state index >= 15 is 0 Å². The van der Waals surface area contributed by atoms with Crippen LogP contribution in [0, 0.1) is 0 Å². The summed E-state index contributed by atoms with van der Waals surface area (Å²) in [5.41, 5.74) is 6.08. The van der Waals surface area contributed by atoms with Crippen LogP contribution in [0.15, 0.2) is 71.7 Å². The lowest BCUT2D eigenvalue weighted by atomic mass is 10.0. The number of aromatic nitrogens is 2. The molecule has 1 amide bonds. The van der Waals surface area contributed by atoms with Crippen LogP contribution < -0.4 is 16.6 Å². The predicted octanol–water partition coefficient (Wildman–Crippen LogP) is 5.17. The van der Waals surface area contributed by atoms with Crippen LogP contribution in [0.3, 0.4) is 0 Å². The largest absolute Gasteiger partial charge is 0.415 e. The number of nitrogens with zero attached hydrogens (tertiary/aromatic N) is 2. The van der Waals surface area contributed by atoms with Crippen LogP contribution in [0.2, 0.25) is 18.1 Å². The molecule has 1 aromatic heterocycles. The summed E-state index contributed by atoms with van der Waals surface area (Å²) in [6, 6.07) is 15.8. The van der Waals surface area contributed by atoms with Crippen LogP contribution in [0.5, 0.6) is 0 Å². The highest BCUT2D eigenvalue weighted by atomic mass is 28.4. The van der Waals surface area contributed by atoms with Gasteiger partial charge in [-0.3, -0.25) is 14.2 Å². The summed E-state index contributed by atoms with van der Waals surface area (Å²) in [7, 11) is -2.91. The van der Waals surface area contributed by atoms with Crippen LogP contribution in [0.25, 0.3) is 11.4 Å². The summed E-state index contributed by atoms with van der Waals surface area (Å²) in [4.78, 5) is 30.4. The number of anilines is 1. The van der Waals surface area contributed by atoms with Crippen LogP contribution in [-0.2, 0) is 22.2 Å². The molecule has 7 nitrogen and oxygen atoms in total. The molecule has 210 valence electrons. The van der Waals surface area contributed by atoms with Crippen LogP contribution in [-0.4, -0.2) is 42.1 Å². The Bertz CT molecular complexity index is 1320. The fourth-order valence-corrected chi connectivity index (χ4v) is 5.13. The van der Waals surface area contributed by atoms with Gasteiger partial charge in [0.1, 0.15) is 18.1 Å². The smallest absolute Gasteiger partial charge is 0.404 e. The maximum absolute atomic E-state index is 14.5. The van der Waals surface area contributed by atoms with Gasteiger partial charge < -0.3 is 15.5 Å². The number of nitrogens with one attached hydrogen (secondary N) is 1. The molecule has 0 bridgehead atoms. The zero-order chi connectivity index (χ0) is 29.0. The van der Waals surface area contributed by atoms with E-state index in [9.17, 15) is 22.8 Å². The maximum Gasteiger partial charge on any atom is 0.415 e. The Morgan fingerprint density at radius 1 is 1.05 bits per heavy atom. The summed E-state index contributed by atoms with van der Waals surface area (Å²) in [5.74, 6) is -0.620. The number of alkyl halides is 3. The minimum atomic E-state index is -4.76. The summed E-state index contributed by atoms with van der Waals surface area (Å²) < 4.78 is 50.6. The summed E-state index contributed by atoms with van der Waals surface area (Å²) in [6.07, 6.45) is -5.94. The second-order valence-electron chi connectivity index (χ2n) is 11.0. The average Bonchev–Trinajstić information content (AvgIpc) is 2.85. The van der Waals surface area contributed by atoms with E-state index in [0.29, 0.717) is 11.1 Å². The number of hydrogen-bond donors (Lipinski definition) is 2. The number of carbonyl (C=O) groups excluding carboxylic acids is 1. The molecule has 3 aromatic rings. The number of benzene rings is 2. The number of amides is 1. The van der Waals surface area contributed by atoms with E-state index in [1.807, 2.05) is 20.8 Å². The molecule has 3 N–H and O–H groups in total. The number of hydrogen-bond acceptors (Lipinski definition) is 5. The van der Waals surface area contributed by atoms with Crippen molar-refractivity contribution in [2.24, 2.45) is 0 Å². The van der Waals surface area contributed by atoms with E-state index in [4.69, 9.17) is 10.2 Å². The quantitative estimate of drug-likeness (QED) is 0.352. The van der Waals surface area contributed by atoms with Gasteiger partial charge in [0.25, 0.3) is 5.56 Å². The normalized spacial score (nSPS) is 14.1. The van der Waals surface area contributed by atoms with Crippen molar-refractivity contribution >= 4 is 19.9 Å². The third-order valence-corrected chi connectivity index (χ3v) is 11.4. The lowest BCUT2D eigenvalue weighted by Gasteiger charge is -2.42. The SMILES string of the molecule is CC(C)(C)[Si](C)(C)OC(C(Cc1ccccc1)NC(=O)Cn1c(-c2ccccc2)ncc(N)c1=O)C(F)(F)F. The molecule has 11 heteroatoms. The highest BCUT2D eigenvalue weighted by molar-refractivity contribution is 6.74. The van der Waals surface area contributed by atoms with E-state index in [-0.39, 0.29) is 17.9 Å². The molecule has 0 aliphatic rings. The molecule has 0 aliphatic carbocycles.